The van der Waals surface area contributed by atoms with Gasteiger partial charge < -0.3 is 10.5 Å². The second-order valence-corrected chi connectivity index (χ2v) is 4.54. The molecule has 0 fully saturated rings. The van der Waals surface area contributed by atoms with Gasteiger partial charge in [-0.25, -0.2) is 0 Å². The number of halogens is 1. The fourth-order valence-corrected chi connectivity index (χ4v) is 2.13. The molecule has 0 atom stereocenters. The van der Waals surface area contributed by atoms with Crippen molar-refractivity contribution in [1.82, 2.24) is 0 Å². The minimum atomic E-state index is 0.664. The molecule has 0 radical (unpaired) electrons. The van der Waals surface area contributed by atoms with Crippen LogP contribution in [0.4, 0.5) is 11.4 Å². The van der Waals surface area contributed by atoms with Crippen LogP contribution in [0, 0.1) is 0 Å². The molecule has 0 aromatic heterocycles. The summed E-state index contributed by atoms with van der Waals surface area (Å²) in [7, 11) is 0. The van der Waals surface area contributed by atoms with Crippen molar-refractivity contribution in [2.75, 3.05) is 10.5 Å². The molecule has 0 aliphatic rings. The molecule has 82 valence electrons. The summed E-state index contributed by atoms with van der Waals surface area (Å²) < 4.78 is 3.17. The van der Waals surface area contributed by atoms with Gasteiger partial charge in [0.2, 0.25) is 0 Å². The Kier molecular flexibility index (Phi) is 3.59. The van der Waals surface area contributed by atoms with Gasteiger partial charge in [-0.3, -0.25) is 0 Å². The molecule has 2 aromatic rings. The van der Waals surface area contributed by atoms with E-state index in [4.69, 9.17) is 17.3 Å². The molecule has 3 N–H and O–H groups in total. The van der Waals surface area contributed by atoms with Gasteiger partial charge in [0.05, 0.1) is 10.7 Å². The van der Waals surface area contributed by atoms with Crippen LogP contribution in [0.15, 0.2) is 53.4 Å². The third-order valence-electron chi connectivity index (χ3n) is 2.01. The van der Waals surface area contributed by atoms with Crippen molar-refractivity contribution in [3.63, 3.8) is 0 Å². The molecule has 2 rings (SSSR count). The predicted octanol–water partition coefficient (Wildman–Crippen LogP) is 4.04. The maximum atomic E-state index is 6.03. The van der Waals surface area contributed by atoms with Crippen molar-refractivity contribution in [2.24, 2.45) is 0 Å². The van der Waals surface area contributed by atoms with Crippen molar-refractivity contribution in [1.29, 1.82) is 0 Å². The maximum Gasteiger partial charge on any atom is 0.0652 e. The number of nitrogen functional groups attached to an aromatic ring is 1. The molecule has 0 aliphatic heterocycles. The lowest BCUT2D eigenvalue weighted by atomic mass is 10.3. The summed E-state index contributed by atoms with van der Waals surface area (Å²) in [6, 6.07) is 15.4. The molecular formula is C12H11ClN2S. The maximum absolute atomic E-state index is 6.03. The van der Waals surface area contributed by atoms with Gasteiger partial charge in [0.15, 0.2) is 0 Å². The average Bonchev–Trinajstić information content (AvgIpc) is 2.32. The standard InChI is InChI=1S/C12H11ClN2S/c13-11-7-6-9(14)8-12(11)15-16-10-4-2-1-3-5-10/h1-8,15H,14H2. The Morgan fingerprint density at radius 1 is 1.06 bits per heavy atom. The Bertz CT molecular complexity index is 474. The zero-order chi connectivity index (χ0) is 11.4. The monoisotopic (exact) mass is 250 g/mol. The van der Waals surface area contributed by atoms with Crippen LogP contribution in [-0.4, -0.2) is 0 Å². The van der Waals surface area contributed by atoms with Gasteiger partial charge in [-0.05, 0) is 42.3 Å². The van der Waals surface area contributed by atoms with Crippen LogP contribution >= 0.6 is 23.5 Å². The van der Waals surface area contributed by atoms with Gasteiger partial charge in [0.1, 0.15) is 0 Å². The molecule has 0 saturated carbocycles. The van der Waals surface area contributed by atoms with Gasteiger partial charge in [0, 0.05) is 10.6 Å². The first-order valence-corrected chi connectivity index (χ1v) is 5.98. The highest BCUT2D eigenvalue weighted by Crippen LogP contribution is 2.28. The number of hydrogen-bond donors (Lipinski definition) is 2. The summed E-state index contributed by atoms with van der Waals surface area (Å²) in [5, 5.41) is 0.664. The topological polar surface area (TPSA) is 38.0 Å². The van der Waals surface area contributed by atoms with Crippen LogP contribution in [0.25, 0.3) is 0 Å². The third-order valence-corrected chi connectivity index (χ3v) is 3.17. The molecule has 16 heavy (non-hydrogen) atoms. The van der Waals surface area contributed by atoms with E-state index in [1.54, 1.807) is 12.1 Å². The number of benzene rings is 2. The minimum Gasteiger partial charge on any atom is -0.399 e. The summed E-state index contributed by atoms with van der Waals surface area (Å²) in [6.45, 7) is 0. The highest BCUT2D eigenvalue weighted by atomic mass is 35.5. The normalized spacial score (nSPS) is 10.1. The van der Waals surface area contributed by atoms with Gasteiger partial charge >= 0.3 is 0 Å². The van der Waals surface area contributed by atoms with E-state index in [9.17, 15) is 0 Å². The SMILES string of the molecule is Nc1ccc(Cl)c(NSc2ccccc2)c1. The second kappa shape index (κ2) is 5.14. The van der Waals surface area contributed by atoms with Crippen molar-refractivity contribution in [3.05, 3.63) is 53.6 Å². The smallest absolute Gasteiger partial charge is 0.0652 e. The fraction of sp³-hybridized carbons (Fsp3) is 0. The van der Waals surface area contributed by atoms with Gasteiger partial charge in [-0.2, -0.15) is 0 Å². The Morgan fingerprint density at radius 2 is 1.81 bits per heavy atom. The van der Waals surface area contributed by atoms with Crippen LogP contribution in [-0.2, 0) is 0 Å². The number of rotatable bonds is 3. The molecule has 0 bridgehead atoms. The number of nitrogens with one attached hydrogen (secondary N) is 1. The average molecular weight is 251 g/mol. The van der Waals surface area contributed by atoms with Crippen molar-refractivity contribution in [3.8, 4) is 0 Å². The number of nitrogens with two attached hydrogens (primary N) is 1. The zero-order valence-corrected chi connectivity index (χ0v) is 10.1. The van der Waals surface area contributed by atoms with Gasteiger partial charge in [-0.15, -0.1) is 0 Å². The molecule has 0 aliphatic carbocycles. The summed E-state index contributed by atoms with van der Waals surface area (Å²) >= 11 is 7.54. The van der Waals surface area contributed by atoms with Crippen LogP contribution in [0.3, 0.4) is 0 Å². The zero-order valence-electron chi connectivity index (χ0n) is 8.48. The van der Waals surface area contributed by atoms with Gasteiger partial charge in [0.25, 0.3) is 0 Å². The molecule has 0 amide bonds. The molecule has 2 nitrogen and oxygen atoms in total. The van der Waals surface area contributed by atoms with E-state index in [2.05, 4.69) is 4.72 Å². The molecule has 0 heterocycles. The molecule has 2 aromatic carbocycles. The van der Waals surface area contributed by atoms with Crippen LogP contribution in [0.2, 0.25) is 5.02 Å². The molecule has 0 unspecified atom stereocenters. The van der Waals surface area contributed by atoms with E-state index in [-0.39, 0.29) is 0 Å². The Hall–Kier alpha value is -1.32. The lowest BCUT2D eigenvalue weighted by Crippen LogP contribution is -1.90. The first-order chi connectivity index (χ1) is 7.75. The van der Waals surface area contributed by atoms with Crippen LogP contribution < -0.4 is 10.5 Å². The minimum absolute atomic E-state index is 0.664. The van der Waals surface area contributed by atoms with E-state index >= 15 is 0 Å². The van der Waals surface area contributed by atoms with E-state index in [0.717, 1.165) is 10.6 Å². The van der Waals surface area contributed by atoms with Crippen molar-refractivity contribution in [2.45, 2.75) is 4.90 Å². The van der Waals surface area contributed by atoms with E-state index < -0.39 is 0 Å². The third kappa shape index (κ3) is 2.84. The van der Waals surface area contributed by atoms with Crippen LogP contribution in [0.1, 0.15) is 0 Å². The number of anilines is 2. The lowest BCUT2D eigenvalue weighted by Gasteiger charge is -2.07. The van der Waals surface area contributed by atoms with Crippen molar-refractivity contribution >= 4 is 34.9 Å². The summed E-state index contributed by atoms with van der Waals surface area (Å²) in [5.74, 6) is 0. The quantitative estimate of drug-likeness (QED) is 0.638. The van der Waals surface area contributed by atoms with Crippen molar-refractivity contribution < 1.29 is 0 Å². The fourth-order valence-electron chi connectivity index (χ4n) is 1.22. The summed E-state index contributed by atoms with van der Waals surface area (Å²) in [4.78, 5) is 1.13. The molecular weight excluding hydrogens is 240 g/mol. The first kappa shape index (κ1) is 11.2. The largest absolute Gasteiger partial charge is 0.399 e. The molecule has 0 spiro atoms. The summed E-state index contributed by atoms with van der Waals surface area (Å²) in [6.07, 6.45) is 0. The Balaban J connectivity index is 2.08. The lowest BCUT2D eigenvalue weighted by molar-refractivity contribution is 1.47. The molecule has 0 saturated heterocycles. The number of hydrogen-bond acceptors (Lipinski definition) is 3. The highest BCUT2D eigenvalue weighted by Gasteiger charge is 2.00. The van der Waals surface area contributed by atoms with Crippen LogP contribution in [0.5, 0.6) is 0 Å². The first-order valence-electron chi connectivity index (χ1n) is 4.78. The van der Waals surface area contributed by atoms with E-state index in [1.165, 1.54) is 11.9 Å². The predicted molar refractivity (Wildman–Crippen MR) is 71.8 cm³/mol. The highest BCUT2D eigenvalue weighted by molar-refractivity contribution is 8.00. The van der Waals surface area contributed by atoms with Gasteiger partial charge in [-0.1, -0.05) is 29.8 Å². The van der Waals surface area contributed by atoms with E-state index in [1.807, 2.05) is 36.4 Å². The van der Waals surface area contributed by atoms with E-state index in [0.29, 0.717) is 10.7 Å². The summed E-state index contributed by atoms with van der Waals surface area (Å²) in [5.41, 5.74) is 7.21. The Morgan fingerprint density at radius 3 is 2.56 bits per heavy atom. The Labute approximate surface area is 104 Å². The second-order valence-electron chi connectivity index (χ2n) is 3.26. The molecule has 4 heteroatoms.